The number of aryl methyl sites for hydroxylation is 1. The van der Waals surface area contributed by atoms with Crippen LogP contribution in [0.1, 0.15) is 40.7 Å². The highest BCUT2D eigenvalue weighted by Gasteiger charge is 2.15. The van der Waals surface area contributed by atoms with E-state index in [4.69, 9.17) is 17.0 Å². The fraction of sp³-hybridized carbons (Fsp3) is 0.333. The fourth-order valence-corrected chi connectivity index (χ4v) is 3.28. The zero-order valence-corrected chi connectivity index (χ0v) is 16.1. The van der Waals surface area contributed by atoms with Crippen molar-refractivity contribution in [1.29, 1.82) is 0 Å². The van der Waals surface area contributed by atoms with Crippen LogP contribution in [0.5, 0.6) is 5.75 Å². The largest absolute Gasteiger partial charge is 0.432 e. The van der Waals surface area contributed by atoms with Gasteiger partial charge in [-0.05, 0) is 86.8 Å². The quantitative estimate of drug-likeness (QED) is 0.797. The summed E-state index contributed by atoms with van der Waals surface area (Å²) in [6, 6.07) is 13.0. The third kappa shape index (κ3) is 4.41. The number of thiocarbonyl (C=S) groups is 1. The van der Waals surface area contributed by atoms with Gasteiger partial charge in [0.15, 0.2) is 0 Å². The van der Waals surface area contributed by atoms with E-state index in [1.807, 2.05) is 32.0 Å². The summed E-state index contributed by atoms with van der Waals surface area (Å²) in [5, 5.41) is 3.48. The van der Waals surface area contributed by atoms with E-state index in [1.165, 1.54) is 6.42 Å². The summed E-state index contributed by atoms with van der Waals surface area (Å²) in [4.78, 5) is 14.6. The van der Waals surface area contributed by atoms with Crippen LogP contribution in [0.3, 0.4) is 0 Å². The summed E-state index contributed by atoms with van der Waals surface area (Å²) in [7, 11) is 0. The lowest BCUT2D eigenvalue weighted by Gasteiger charge is -2.28. The van der Waals surface area contributed by atoms with Gasteiger partial charge >= 0.3 is 0 Å². The summed E-state index contributed by atoms with van der Waals surface area (Å²) in [6.45, 7) is 5.94. The van der Waals surface area contributed by atoms with Crippen molar-refractivity contribution >= 4 is 29.0 Å². The minimum absolute atomic E-state index is 0.135. The highest BCUT2D eigenvalue weighted by Crippen LogP contribution is 2.20. The Hall–Kier alpha value is -2.40. The lowest BCUT2D eigenvalue weighted by Crippen LogP contribution is -2.37. The molecule has 1 saturated heterocycles. The van der Waals surface area contributed by atoms with Gasteiger partial charge in [0.2, 0.25) is 0 Å². The molecule has 3 rings (SSSR count). The van der Waals surface area contributed by atoms with Crippen LogP contribution in [0.2, 0.25) is 0 Å². The van der Waals surface area contributed by atoms with Crippen LogP contribution >= 0.6 is 12.2 Å². The summed E-state index contributed by atoms with van der Waals surface area (Å²) < 4.78 is 5.77. The molecule has 1 amide bonds. The molecular formula is C21H24N2O2S. The fourth-order valence-electron chi connectivity index (χ4n) is 3.00. The molecule has 0 atom stereocenters. The molecule has 1 heterocycles. The third-order valence-corrected chi connectivity index (χ3v) is 5.13. The highest BCUT2D eigenvalue weighted by molar-refractivity contribution is 7.80. The predicted octanol–water partition coefficient (Wildman–Crippen LogP) is 4.71. The Morgan fingerprint density at radius 3 is 2.42 bits per heavy atom. The van der Waals surface area contributed by atoms with Gasteiger partial charge in [-0.15, -0.1) is 0 Å². The maximum absolute atomic E-state index is 12.5. The third-order valence-electron chi connectivity index (χ3n) is 4.79. The molecule has 1 aliphatic heterocycles. The SMILES string of the molecule is Cc1cccc(NC(=O)c2ccc(OC(=S)N3CCCCC3)cc2)c1C. The van der Waals surface area contributed by atoms with Gasteiger partial charge < -0.3 is 15.0 Å². The molecule has 0 aromatic heterocycles. The highest BCUT2D eigenvalue weighted by atomic mass is 32.1. The normalized spacial score (nSPS) is 14.0. The van der Waals surface area contributed by atoms with E-state index < -0.39 is 0 Å². The van der Waals surface area contributed by atoms with Crippen LogP contribution in [0.4, 0.5) is 5.69 Å². The summed E-state index contributed by atoms with van der Waals surface area (Å²) >= 11 is 5.38. The maximum atomic E-state index is 12.5. The van der Waals surface area contributed by atoms with E-state index in [0.717, 1.165) is 42.7 Å². The number of likely N-dealkylation sites (tertiary alicyclic amines) is 1. The average molecular weight is 369 g/mol. The minimum atomic E-state index is -0.135. The van der Waals surface area contributed by atoms with E-state index in [0.29, 0.717) is 16.5 Å². The lowest BCUT2D eigenvalue weighted by atomic mass is 10.1. The van der Waals surface area contributed by atoms with Gasteiger partial charge in [-0.25, -0.2) is 0 Å². The lowest BCUT2D eigenvalue weighted by molar-refractivity contribution is 0.102. The molecule has 136 valence electrons. The van der Waals surface area contributed by atoms with Crippen LogP contribution in [0.25, 0.3) is 0 Å². The van der Waals surface area contributed by atoms with E-state index >= 15 is 0 Å². The first-order valence-corrected chi connectivity index (χ1v) is 9.40. The first-order valence-electron chi connectivity index (χ1n) is 8.99. The van der Waals surface area contributed by atoms with Crippen LogP contribution in [0, 0.1) is 13.8 Å². The zero-order valence-electron chi connectivity index (χ0n) is 15.2. The van der Waals surface area contributed by atoms with Crippen molar-refractivity contribution in [2.45, 2.75) is 33.1 Å². The maximum Gasteiger partial charge on any atom is 0.264 e. The number of anilines is 1. The van der Waals surface area contributed by atoms with Gasteiger partial charge in [0, 0.05) is 24.3 Å². The number of hydrogen-bond acceptors (Lipinski definition) is 3. The number of piperidine rings is 1. The second kappa shape index (κ2) is 8.32. The van der Waals surface area contributed by atoms with Crippen molar-refractivity contribution in [2.75, 3.05) is 18.4 Å². The minimum Gasteiger partial charge on any atom is -0.432 e. The van der Waals surface area contributed by atoms with E-state index in [9.17, 15) is 4.79 Å². The van der Waals surface area contributed by atoms with Gasteiger partial charge in [-0.2, -0.15) is 0 Å². The van der Waals surface area contributed by atoms with Crippen LogP contribution in [-0.4, -0.2) is 29.1 Å². The second-order valence-corrected chi connectivity index (χ2v) is 6.99. The number of amides is 1. The molecule has 2 aromatic carbocycles. The van der Waals surface area contributed by atoms with E-state index in [-0.39, 0.29) is 5.91 Å². The van der Waals surface area contributed by atoms with E-state index in [2.05, 4.69) is 10.2 Å². The van der Waals surface area contributed by atoms with Crippen molar-refractivity contribution in [3.8, 4) is 5.75 Å². The Bertz CT molecular complexity index is 796. The smallest absolute Gasteiger partial charge is 0.264 e. The number of ether oxygens (including phenoxy) is 1. The summed E-state index contributed by atoms with van der Waals surface area (Å²) in [5.74, 6) is 0.521. The molecule has 4 nitrogen and oxygen atoms in total. The molecule has 0 unspecified atom stereocenters. The molecular weight excluding hydrogens is 344 g/mol. The molecule has 0 saturated carbocycles. The monoisotopic (exact) mass is 368 g/mol. The Morgan fingerprint density at radius 1 is 1.04 bits per heavy atom. The van der Waals surface area contributed by atoms with Crippen molar-refractivity contribution < 1.29 is 9.53 Å². The number of hydrogen-bond donors (Lipinski definition) is 1. The number of nitrogens with zero attached hydrogens (tertiary/aromatic N) is 1. The van der Waals surface area contributed by atoms with Gasteiger partial charge in [0.25, 0.3) is 11.1 Å². The van der Waals surface area contributed by atoms with Crippen molar-refractivity contribution in [2.24, 2.45) is 0 Å². The molecule has 1 N–H and O–H groups in total. The topological polar surface area (TPSA) is 41.6 Å². The van der Waals surface area contributed by atoms with Crippen LogP contribution in [0.15, 0.2) is 42.5 Å². The van der Waals surface area contributed by atoms with E-state index in [1.54, 1.807) is 24.3 Å². The van der Waals surface area contributed by atoms with Crippen molar-refractivity contribution in [3.63, 3.8) is 0 Å². The molecule has 1 aliphatic rings. The first kappa shape index (κ1) is 18.4. The zero-order chi connectivity index (χ0) is 18.5. The molecule has 26 heavy (non-hydrogen) atoms. The summed E-state index contributed by atoms with van der Waals surface area (Å²) in [6.07, 6.45) is 3.56. The molecule has 0 bridgehead atoms. The number of nitrogens with one attached hydrogen (secondary N) is 1. The van der Waals surface area contributed by atoms with Gasteiger partial charge in [0.05, 0.1) is 0 Å². The summed E-state index contributed by atoms with van der Waals surface area (Å²) in [5.41, 5.74) is 3.65. The molecule has 2 aromatic rings. The molecule has 0 radical (unpaired) electrons. The number of benzene rings is 2. The molecule has 0 spiro atoms. The second-order valence-electron chi connectivity index (χ2n) is 6.64. The Labute approximate surface area is 160 Å². The Balaban J connectivity index is 1.62. The molecule has 1 fully saturated rings. The van der Waals surface area contributed by atoms with Crippen molar-refractivity contribution in [3.05, 3.63) is 59.2 Å². The predicted molar refractivity (Wildman–Crippen MR) is 109 cm³/mol. The standard InChI is InChI=1S/C21H24N2O2S/c1-15-7-6-8-19(16(15)2)22-20(24)17-9-11-18(12-10-17)25-21(26)23-13-4-3-5-14-23/h6-12H,3-5,13-14H2,1-2H3,(H,22,24). The molecule has 5 heteroatoms. The Kier molecular flexibility index (Phi) is 5.89. The van der Waals surface area contributed by atoms with Crippen LogP contribution < -0.4 is 10.1 Å². The molecule has 0 aliphatic carbocycles. The number of rotatable bonds is 3. The van der Waals surface area contributed by atoms with Crippen LogP contribution in [-0.2, 0) is 0 Å². The first-order chi connectivity index (χ1) is 12.5. The average Bonchev–Trinajstić information content (AvgIpc) is 2.66. The van der Waals surface area contributed by atoms with Gasteiger partial charge in [-0.1, -0.05) is 12.1 Å². The Morgan fingerprint density at radius 2 is 1.73 bits per heavy atom. The van der Waals surface area contributed by atoms with Crippen molar-refractivity contribution in [1.82, 2.24) is 4.90 Å². The van der Waals surface area contributed by atoms with Gasteiger partial charge in [-0.3, -0.25) is 4.79 Å². The van der Waals surface area contributed by atoms with Gasteiger partial charge in [0.1, 0.15) is 5.75 Å². The number of carbonyl (C=O) groups is 1. The number of carbonyl (C=O) groups excluding carboxylic acids is 1.